The largest absolute Gasteiger partial charge is 0.384 e. The van der Waals surface area contributed by atoms with Gasteiger partial charge in [0, 0.05) is 19.7 Å². The Morgan fingerprint density at radius 2 is 1.85 bits per heavy atom. The lowest BCUT2D eigenvalue weighted by molar-refractivity contribution is 0.0785. The summed E-state index contributed by atoms with van der Waals surface area (Å²) in [7, 11) is -0.244. The van der Waals surface area contributed by atoms with Gasteiger partial charge in [-0.2, -0.15) is 0 Å². The molecule has 0 radical (unpaired) electrons. The summed E-state index contributed by atoms with van der Waals surface area (Å²) in [6.45, 7) is 0.528. The molecule has 8 heteroatoms. The summed E-state index contributed by atoms with van der Waals surface area (Å²) < 4.78 is 30.2. The molecule has 0 saturated heterocycles. The minimum Gasteiger partial charge on any atom is -0.384 e. The third-order valence-electron chi connectivity index (χ3n) is 4.07. The first-order chi connectivity index (χ1) is 12.9. The minimum atomic E-state index is -3.41. The Labute approximate surface area is 162 Å². The lowest BCUT2D eigenvalue weighted by Crippen LogP contribution is -2.26. The Bertz CT molecular complexity index is 1010. The van der Waals surface area contributed by atoms with Crippen molar-refractivity contribution in [2.24, 2.45) is 0 Å². The van der Waals surface area contributed by atoms with Gasteiger partial charge in [0.1, 0.15) is 5.01 Å². The second kappa shape index (κ2) is 8.16. The number of ether oxygens (including phenoxy) is 1. The highest BCUT2D eigenvalue weighted by Gasteiger charge is 2.17. The van der Waals surface area contributed by atoms with Crippen molar-refractivity contribution in [1.29, 1.82) is 0 Å². The van der Waals surface area contributed by atoms with E-state index in [1.54, 1.807) is 23.3 Å². The molecule has 1 aromatic heterocycles. The molecule has 0 fully saturated rings. The molecule has 142 valence electrons. The molecule has 0 bridgehead atoms. The molecule has 0 saturated carbocycles. The molecule has 0 atom stereocenters. The zero-order chi connectivity index (χ0) is 19.4. The van der Waals surface area contributed by atoms with E-state index >= 15 is 0 Å². The van der Waals surface area contributed by atoms with Crippen LogP contribution in [0.25, 0.3) is 10.2 Å². The number of carbonyl (C=O) groups excluding carboxylic acids is 1. The Kier molecular flexibility index (Phi) is 5.88. The van der Waals surface area contributed by atoms with Crippen LogP contribution >= 0.6 is 11.3 Å². The van der Waals surface area contributed by atoms with Gasteiger partial charge in [0.15, 0.2) is 9.84 Å². The standard InChI is InChI=1S/C19H20N2O4S2/c1-21(13-18-20-16-5-3-4-6-17(16)26-18)19(22)14-7-9-15(10-8-14)27(23,24)12-11-25-2/h3-10H,11-13H2,1-2H3. The zero-order valence-corrected chi connectivity index (χ0v) is 16.7. The number of benzene rings is 2. The number of rotatable bonds is 7. The Balaban J connectivity index is 1.71. The van der Waals surface area contributed by atoms with E-state index in [4.69, 9.17) is 4.74 Å². The highest BCUT2D eigenvalue weighted by atomic mass is 32.2. The number of hydrogen-bond donors (Lipinski definition) is 0. The van der Waals surface area contributed by atoms with Crippen molar-refractivity contribution in [2.75, 3.05) is 26.5 Å². The van der Waals surface area contributed by atoms with Crippen LogP contribution in [0.3, 0.4) is 0 Å². The summed E-state index contributed by atoms with van der Waals surface area (Å²) in [6, 6.07) is 13.8. The van der Waals surface area contributed by atoms with E-state index in [1.165, 1.54) is 31.4 Å². The summed E-state index contributed by atoms with van der Waals surface area (Å²) in [5.74, 6) is -0.274. The summed E-state index contributed by atoms with van der Waals surface area (Å²) >= 11 is 1.56. The summed E-state index contributed by atoms with van der Waals surface area (Å²) in [6.07, 6.45) is 0. The van der Waals surface area contributed by atoms with E-state index in [0.29, 0.717) is 12.1 Å². The number of aromatic nitrogens is 1. The van der Waals surface area contributed by atoms with Crippen LogP contribution in [-0.4, -0.2) is 50.7 Å². The van der Waals surface area contributed by atoms with Crippen molar-refractivity contribution in [3.05, 3.63) is 59.1 Å². The number of para-hydroxylation sites is 1. The topological polar surface area (TPSA) is 76.6 Å². The molecular formula is C19H20N2O4S2. The lowest BCUT2D eigenvalue weighted by Gasteiger charge is -2.16. The van der Waals surface area contributed by atoms with Gasteiger partial charge >= 0.3 is 0 Å². The number of hydrogen-bond acceptors (Lipinski definition) is 6. The molecule has 1 amide bonds. The van der Waals surface area contributed by atoms with Crippen LogP contribution < -0.4 is 0 Å². The monoisotopic (exact) mass is 404 g/mol. The number of thiazole rings is 1. The second-order valence-electron chi connectivity index (χ2n) is 6.07. The molecule has 0 aliphatic carbocycles. The van der Waals surface area contributed by atoms with Gasteiger partial charge in [0.2, 0.25) is 0 Å². The molecule has 0 unspecified atom stereocenters. The van der Waals surface area contributed by atoms with Crippen LogP contribution in [0.2, 0.25) is 0 Å². The summed E-state index contributed by atoms with van der Waals surface area (Å²) in [5, 5.41) is 0.853. The van der Waals surface area contributed by atoms with E-state index in [2.05, 4.69) is 4.98 Å². The quantitative estimate of drug-likeness (QED) is 0.605. The van der Waals surface area contributed by atoms with Crippen LogP contribution in [0.15, 0.2) is 53.4 Å². The molecule has 0 N–H and O–H groups in total. The van der Waals surface area contributed by atoms with Gasteiger partial charge in [-0.3, -0.25) is 4.79 Å². The van der Waals surface area contributed by atoms with Gasteiger partial charge in [0.05, 0.1) is 34.0 Å². The molecule has 3 aromatic rings. The van der Waals surface area contributed by atoms with Gasteiger partial charge in [-0.15, -0.1) is 11.3 Å². The zero-order valence-electron chi connectivity index (χ0n) is 15.1. The van der Waals surface area contributed by atoms with Crippen LogP contribution in [0.5, 0.6) is 0 Å². The van der Waals surface area contributed by atoms with Crippen LogP contribution in [-0.2, 0) is 21.1 Å². The minimum absolute atomic E-state index is 0.0890. The second-order valence-corrected chi connectivity index (χ2v) is 9.30. The maximum Gasteiger partial charge on any atom is 0.253 e. The fourth-order valence-corrected chi connectivity index (χ4v) is 4.79. The number of carbonyl (C=O) groups is 1. The smallest absolute Gasteiger partial charge is 0.253 e. The normalized spacial score (nSPS) is 11.6. The van der Waals surface area contributed by atoms with E-state index < -0.39 is 9.84 Å². The van der Waals surface area contributed by atoms with Crippen LogP contribution in [0.1, 0.15) is 15.4 Å². The predicted molar refractivity (Wildman–Crippen MR) is 106 cm³/mol. The lowest BCUT2D eigenvalue weighted by atomic mass is 10.2. The third-order valence-corrected chi connectivity index (χ3v) is 6.79. The Hall–Kier alpha value is -2.29. The molecule has 27 heavy (non-hydrogen) atoms. The molecule has 0 aliphatic heterocycles. The Morgan fingerprint density at radius 1 is 1.15 bits per heavy atom. The Morgan fingerprint density at radius 3 is 2.52 bits per heavy atom. The fourth-order valence-electron chi connectivity index (χ4n) is 2.60. The molecule has 1 heterocycles. The fraction of sp³-hybridized carbons (Fsp3) is 0.263. The van der Waals surface area contributed by atoms with Gasteiger partial charge in [-0.1, -0.05) is 12.1 Å². The number of nitrogens with zero attached hydrogens (tertiary/aromatic N) is 2. The molecule has 6 nitrogen and oxygen atoms in total. The molecule has 0 spiro atoms. The van der Waals surface area contributed by atoms with E-state index in [-0.39, 0.29) is 23.2 Å². The summed E-state index contributed by atoms with van der Waals surface area (Å²) in [5.41, 5.74) is 1.35. The number of methoxy groups -OCH3 is 1. The van der Waals surface area contributed by atoms with Gasteiger partial charge in [0.25, 0.3) is 5.91 Å². The van der Waals surface area contributed by atoms with Crippen molar-refractivity contribution in [3.8, 4) is 0 Å². The number of amides is 1. The van der Waals surface area contributed by atoms with Crippen molar-refractivity contribution in [1.82, 2.24) is 9.88 Å². The number of sulfone groups is 1. The van der Waals surface area contributed by atoms with Crippen LogP contribution in [0, 0.1) is 0 Å². The van der Waals surface area contributed by atoms with E-state index in [0.717, 1.165) is 15.2 Å². The van der Waals surface area contributed by atoms with E-state index in [9.17, 15) is 13.2 Å². The first-order valence-corrected chi connectivity index (χ1v) is 10.8. The van der Waals surface area contributed by atoms with Gasteiger partial charge in [-0.05, 0) is 36.4 Å². The molecule has 2 aromatic carbocycles. The summed E-state index contributed by atoms with van der Waals surface area (Å²) in [4.78, 5) is 18.9. The number of fused-ring (bicyclic) bond motifs is 1. The molecular weight excluding hydrogens is 384 g/mol. The van der Waals surface area contributed by atoms with Gasteiger partial charge in [-0.25, -0.2) is 13.4 Å². The maximum absolute atomic E-state index is 12.6. The predicted octanol–water partition coefficient (Wildman–Crippen LogP) is 2.99. The van der Waals surface area contributed by atoms with Crippen molar-refractivity contribution < 1.29 is 17.9 Å². The average molecular weight is 405 g/mol. The SMILES string of the molecule is COCCS(=O)(=O)c1ccc(C(=O)N(C)Cc2nc3ccccc3s2)cc1. The maximum atomic E-state index is 12.6. The first kappa shape index (κ1) is 19.5. The van der Waals surface area contributed by atoms with Gasteiger partial charge < -0.3 is 9.64 Å². The van der Waals surface area contributed by atoms with Crippen LogP contribution in [0.4, 0.5) is 0 Å². The third kappa shape index (κ3) is 4.52. The molecule has 0 aliphatic rings. The average Bonchev–Trinajstić information content (AvgIpc) is 3.08. The first-order valence-electron chi connectivity index (χ1n) is 8.32. The molecule has 3 rings (SSSR count). The van der Waals surface area contributed by atoms with Crippen molar-refractivity contribution >= 4 is 37.3 Å². The highest BCUT2D eigenvalue weighted by molar-refractivity contribution is 7.91. The highest BCUT2D eigenvalue weighted by Crippen LogP contribution is 2.23. The van der Waals surface area contributed by atoms with Crippen molar-refractivity contribution in [2.45, 2.75) is 11.4 Å². The van der Waals surface area contributed by atoms with E-state index in [1.807, 2.05) is 24.3 Å². The van der Waals surface area contributed by atoms with Crippen molar-refractivity contribution in [3.63, 3.8) is 0 Å².